The fraction of sp³-hybridized carbons (Fsp3) is 0.417. The molecule has 21 heavy (non-hydrogen) atoms. The van der Waals surface area contributed by atoms with Gasteiger partial charge in [-0.2, -0.15) is 19.5 Å². The quantitative estimate of drug-likeness (QED) is 0.843. The summed E-state index contributed by atoms with van der Waals surface area (Å²) in [4.78, 5) is 9.66. The smallest absolute Gasteiger partial charge is 0.226 e. The number of aromatic amines is 1. The van der Waals surface area contributed by atoms with E-state index in [0.29, 0.717) is 32.1 Å². The maximum Gasteiger partial charge on any atom is 0.226 e. The summed E-state index contributed by atoms with van der Waals surface area (Å²) in [6.45, 7) is 4.03. The van der Waals surface area contributed by atoms with Crippen LogP contribution in [0.3, 0.4) is 0 Å². The molecule has 2 aromatic heterocycles. The zero-order valence-corrected chi connectivity index (χ0v) is 12.1. The van der Waals surface area contributed by atoms with E-state index < -0.39 is 5.82 Å². The number of aryl methyl sites for hydroxylation is 1. The van der Waals surface area contributed by atoms with Crippen molar-refractivity contribution < 1.29 is 9.13 Å². The second-order valence-corrected chi connectivity index (χ2v) is 4.98. The van der Waals surface area contributed by atoms with E-state index in [1.807, 2.05) is 6.92 Å². The fourth-order valence-corrected chi connectivity index (χ4v) is 2.24. The number of rotatable bonds is 3. The summed E-state index contributed by atoms with van der Waals surface area (Å²) in [5.41, 5.74) is 0.853. The van der Waals surface area contributed by atoms with E-state index >= 15 is 0 Å². The third-order valence-electron chi connectivity index (χ3n) is 3.07. The van der Waals surface area contributed by atoms with Gasteiger partial charge in [-0.05, 0) is 18.5 Å². The Morgan fingerprint density at radius 3 is 2.81 bits per heavy atom. The highest BCUT2D eigenvalue weighted by molar-refractivity contribution is 6.28. The van der Waals surface area contributed by atoms with E-state index in [9.17, 15) is 4.39 Å². The molecule has 0 amide bonds. The standard InChI is InChI=1S/C12H14ClFN6O/c1-7-6-8(19-18-7)15-10-9(14)11(17-12(13)16-10)20-2-4-21-5-3-20/h6H,2-5H2,1H3,(H2,15,16,17,18,19). The molecule has 0 aromatic carbocycles. The minimum atomic E-state index is -0.554. The summed E-state index contributed by atoms with van der Waals surface area (Å²) in [5.74, 6) is 0.0899. The molecule has 0 atom stereocenters. The van der Waals surface area contributed by atoms with Gasteiger partial charge in [-0.25, -0.2) is 0 Å². The summed E-state index contributed by atoms with van der Waals surface area (Å²) in [7, 11) is 0. The van der Waals surface area contributed by atoms with Crippen LogP contribution in [0.4, 0.5) is 21.8 Å². The maximum absolute atomic E-state index is 14.6. The third kappa shape index (κ3) is 3.06. The first kappa shape index (κ1) is 14.0. The first-order valence-electron chi connectivity index (χ1n) is 6.48. The van der Waals surface area contributed by atoms with Crippen LogP contribution in [0.15, 0.2) is 6.07 Å². The largest absolute Gasteiger partial charge is 0.378 e. The molecule has 0 bridgehead atoms. The number of nitrogens with zero attached hydrogens (tertiary/aromatic N) is 4. The van der Waals surface area contributed by atoms with E-state index in [-0.39, 0.29) is 16.9 Å². The van der Waals surface area contributed by atoms with Crippen LogP contribution in [0.1, 0.15) is 5.69 Å². The lowest BCUT2D eigenvalue weighted by atomic mass is 10.3. The van der Waals surface area contributed by atoms with E-state index in [4.69, 9.17) is 16.3 Å². The molecule has 2 N–H and O–H groups in total. The van der Waals surface area contributed by atoms with Gasteiger partial charge in [0.15, 0.2) is 17.5 Å². The average molecular weight is 313 g/mol. The minimum Gasteiger partial charge on any atom is -0.378 e. The van der Waals surface area contributed by atoms with Gasteiger partial charge in [0.2, 0.25) is 11.1 Å². The second kappa shape index (κ2) is 5.82. The molecule has 0 saturated carbocycles. The van der Waals surface area contributed by atoms with Crippen molar-refractivity contribution in [2.45, 2.75) is 6.92 Å². The van der Waals surface area contributed by atoms with Gasteiger partial charge in [0.05, 0.1) is 13.2 Å². The van der Waals surface area contributed by atoms with Gasteiger partial charge in [-0.1, -0.05) is 0 Å². The molecular formula is C12H14ClFN6O. The molecule has 1 aliphatic rings. The Balaban J connectivity index is 1.91. The van der Waals surface area contributed by atoms with Gasteiger partial charge in [-0.3, -0.25) is 5.10 Å². The normalized spacial score (nSPS) is 15.3. The Labute approximate surface area is 125 Å². The van der Waals surface area contributed by atoms with Crippen LogP contribution in [0.25, 0.3) is 0 Å². The van der Waals surface area contributed by atoms with E-state index in [0.717, 1.165) is 5.69 Å². The van der Waals surface area contributed by atoms with Crippen LogP contribution in [0.5, 0.6) is 0 Å². The zero-order chi connectivity index (χ0) is 14.8. The highest BCUT2D eigenvalue weighted by atomic mass is 35.5. The molecule has 0 unspecified atom stereocenters. The van der Waals surface area contributed by atoms with Gasteiger partial charge in [0, 0.05) is 24.8 Å². The van der Waals surface area contributed by atoms with Crippen LogP contribution in [-0.4, -0.2) is 46.5 Å². The number of ether oxygens (including phenoxy) is 1. The molecule has 112 valence electrons. The molecular weight excluding hydrogens is 299 g/mol. The zero-order valence-electron chi connectivity index (χ0n) is 11.4. The molecule has 0 aliphatic carbocycles. The molecule has 1 saturated heterocycles. The number of morpholine rings is 1. The molecule has 3 rings (SSSR count). The Morgan fingerprint density at radius 1 is 1.38 bits per heavy atom. The predicted molar refractivity (Wildman–Crippen MR) is 76.6 cm³/mol. The van der Waals surface area contributed by atoms with Crippen LogP contribution < -0.4 is 10.2 Å². The van der Waals surface area contributed by atoms with Crippen molar-refractivity contribution in [1.82, 2.24) is 20.2 Å². The Hall–Kier alpha value is -1.93. The molecule has 1 aliphatic heterocycles. The van der Waals surface area contributed by atoms with Crippen molar-refractivity contribution in [3.05, 3.63) is 22.9 Å². The van der Waals surface area contributed by atoms with Crippen molar-refractivity contribution in [2.75, 3.05) is 36.5 Å². The Bertz CT molecular complexity index is 643. The average Bonchev–Trinajstić information content (AvgIpc) is 2.89. The van der Waals surface area contributed by atoms with Crippen molar-refractivity contribution in [3.63, 3.8) is 0 Å². The van der Waals surface area contributed by atoms with Crippen molar-refractivity contribution in [1.29, 1.82) is 0 Å². The first-order valence-corrected chi connectivity index (χ1v) is 6.86. The number of halogens is 2. The van der Waals surface area contributed by atoms with Gasteiger partial charge in [-0.15, -0.1) is 0 Å². The summed E-state index contributed by atoms with van der Waals surface area (Å²) in [5, 5.41) is 9.53. The summed E-state index contributed by atoms with van der Waals surface area (Å²) >= 11 is 5.90. The van der Waals surface area contributed by atoms with Gasteiger partial charge < -0.3 is 15.0 Å². The molecule has 3 heterocycles. The number of aromatic nitrogens is 4. The lowest BCUT2D eigenvalue weighted by Crippen LogP contribution is -2.37. The van der Waals surface area contributed by atoms with Crippen LogP contribution >= 0.6 is 11.6 Å². The van der Waals surface area contributed by atoms with Gasteiger partial charge >= 0.3 is 0 Å². The van der Waals surface area contributed by atoms with Crippen LogP contribution in [0, 0.1) is 12.7 Å². The minimum absolute atomic E-state index is 0.00277. The maximum atomic E-state index is 14.6. The monoisotopic (exact) mass is 312 g/mol. The molecule has 7 nitrogen and oxygen atoms in total. The summed E-state index contributed by atoms with van der Waals surface area (Å²) in [6.07, 6.45) is 0. The Kier molecular flexibility index (Phi) is 3.89. The van der Waals surface area contributed by atoms with Gasteiger partial charge in [0.25, 0.3) is 0 Å². The molecule has 9 heteroatoms. The second-order valence-electron chi connectivity index (χ2n) is 4.64. The highest BCUT2D eigenvalue weighted by Gasteiger charge is 2.21. The van der Waals surface area contributed by atoms with E-state index in [1.165, 1.54) is 0 Å². The number of hydrogen-bond acceptors (Lipinski definition) is 6. The highest BCUT2D eigenvalue weighted by Crippen LogP contribution is 2.26. The first-order chi connectivity index (χ1) is 10.1. The SMILES string of the molecule is Cc1cc(Nc2nc(Cl)nc(N3CCOCC3)c2F)n[nH]1. The number of H-pyrrole nitrogens is 1. The number of hydrogen-bond donors (Lipinski definition) is 2. The van der Waals surface area contributed by atoms with Gasteiger partial charge in [0.1, 0.15) is 0 Å². The number of anilines is 3. The lowest BCUT2D eigenvalue weighted by molar-refractivity contribution is 0.122. The van der Waals surface area contributed by atoms with Crippen molar-refractivity contribution >= 4 is 29.1 Å². The third-order valence-corrected chi connectivity index (χ3v) is 3.24. The number of nitrogens with one attached hydrogen (secondary N) is 2. The van der Waals surface area contributed by atoms with E-state index in [1.54, 1.807) is 11.0 Å². The topological polar surface area (TPSA) is 79.0 Å². The van der Waals surface area contributed by atoms with Crippen LogP contribution in [-0.2, 0) is 4.74 Å². The fourth-order valence-electron chi connectivity index (χ4n) is 2.08. The lowest BCUT2D eigenvalue weighted by Gasteiger charge is -2.28. The van der Waals surface area contributed by atoms with Crippen LogP contribution in [0.2, 0.25) is 5.28 Å². The molecule has 1 fully saturated rings. The molecule has 0 radical (unpaired) electrons. The summed E-state index contributed by atoms with van der Waals surface area (Å²) in [6, 6.07) is 1.74. The molecule has 2 aromatic rings. The van der Waals surface area contributed by atoms with Crippen molar-refractivity contribution in [2.24, 2.45) is 0 Å². The van der Waals surface area contributed by atoms with Crippen molar-refractivity contribution in [3.8, 4) is 0 Å². The van der Waals surface area contributed by atoms with E-state index in [2.05, 4.69) is 25.5 Å². The Morgan fingerprint density at radius 2 is 2.14 bits per heavy atom. The predicted octanol–water partition coefficient (Wildman–Crippen LogP) is 1.88. The summed E-state index contributed by atoms with van der Waals surface area (Å²) < 4.78 is 19.8. The molecule has 0 spiro atoms.